The predicted octanol–water partition coefficient (Wildman–Crippen LogP) is 1.32. The van der Waals surface area contributed by atoms with Crippen molar-refractivity contribution in [3.05, 3.63) is 35.6 Å². The summed E-state index contributed by atoms with van der Waals surface area (Å²) in [4.78, 5) is 22.3. The molecular formula is C11H9NO4. The molecule has 1 heterocycles. The van der Waals surface area contributed by atoms with E-state index in [1.807, 2.05) is 0 Å². The average molecular weight is 219 g/mol. The standard InChI is InChI=1S/C11H9NO4/c1-15-11(14)8-5-6-3-2-4-7(10(12)13)9(6)16-8/h2-5H,1H3,(H2,12,13). The Kier molecular flexibility index (Phi) is 2.36. The van der Waals surface area contributed by atoms with Gasteiger partial charge in [-0.3, -0.25) is 4.79 Å². The van der Waals surface area contributed by atoms with Gasteiger partial charge in [0, 0.05) is 5.39 Å². The molecule has 2 N–H and O–H groups in total. The van der Waals surface area contributed by atoms with Crippen molar-refractivity contribution in [1.82, 2.24) is 0 Å². The van der Waals surface area contributed by atoms with Crippen LogP contribution < -0.4 is 5.73 Å². The molecule has 0 bridgehead atoms. The van der Waals surface area contributed by atoms with Gasteiger partial charge in [0.05, 0.1) is 12.7 Å². The Hall–Kier alpha value is -2.30. The second-order valence-corrected chi connectivity index (χ2v) is 3.19. The van der Waals surface area contributed by atoms with Crippen LogP contribution in [0.1, 0.15) is 20.9 Å². The molecule has 1 amide bonds. The van der Waals surface area contributed by atoms with Crippen molar-refractivity contribution < 1.29 is 18.7 Å². The van der Waals surface area contributed by atoms with E-state index < -0.39 is 11.9 Å². The number of carbonyl (C=O) groups excluding carboxylic acids is 2. The normalized spacial score (nSPS) is 10.3. The van der Waals surface area contributed by atoms with Crippen LogP contribution in [0, 0.1) is 0 Å². The molecule has 1 aromatic carbocycles. The van der Waals surface area contributed by atoms with Gasteiger partial charge in [0.25, 0.3) is 5.91 Å². The number of nitrogens with two attached hydrogens (primary N) is 1. The maximum absolute atomic E-state index is 11.2. The first-order valence-electron chi connectivity index (χ1n) is 4.54. The number of methoxy groups -OCH3 is 1. The molecule has 0 aliphatic carbocycles. The molecular weight excluding hydrogens is 210 g/mol. The molecule has 0 aliphatic heterocycles. The Morgan fingerprint density at radius 3 is 2.75 bits per heavy atom. The van der Waals surface area contributed by atoms with Crippen molar-refractivity contribution in [2.75, 3.05) is 7.11 Å². The number of furan rings is 1. The monoisotopic (exact) mass is 219 g/mol. The zero-order valence-electron chi connectivity index (χ0n) is 8.52. The van der Waals surface area contributed by atoms with Gasteiger partial charge < -0.3 is 14.9 Å². The maximum Gasteiger partial charge on any atom is 0.373 e. The largest absolute Gasteiger partial charge is 0.463 e. The second kappa shape index (κ2) is 3.69. The van der Waals surface area contributed by atoms with Crippen LogP contribution in [0.3, 0.4) is 0 Å². The number of benzene rings is 1. The van der Waals surface area contributed by atoms with Gasteiger partial charge in [0.1, 0.15) is 5.58 Å². The number of primary amides is 1. The van der Waals surface area contributed by atoms with E-state index in [-0.39, 0.29) is 11.3 Å². The summed E-state index contributed by atoms with van der Waals surface area (Å²) in [5.74, 6) is -1.14. The van der Waals surface area contributed by atoms with Crippen molar-refractivity contribution >= 4 is 22.8 Å². The van der Waals surface area contributed by atoms with Crippen LogP contribution in [-0.4, -0.2) is 19.0 Å². The molecule has 5 nitrogen and oxygen atoms in total. The number of carbonyl (C=O) groups is 2. The summed E-state index contributed by atoms with van der Waals surface area (Å²) >= 11 is 0. The Bertz CT molecular complexity index is 570. The molecule has 0 saturated carbocycles. The van der Waals surface area contributed by atoms with E-state index in [4.69, 9.17) is 10.2 Å². The highest BCUT2D eigenvalue weighted by atomic mass is 16.5. The molecule has 0 fully saturated rings. The lowest BCUT2D eigenvalue weighted by molar-refractivity contribution is 0.0567. The van der Waals surface area contributed by atoms with E-state index in [1.165, 1.54) is 19.2 Å². The minimum absolute atomic E-state index is 0.0474. The molecule has 2 aromatic rings. The van der Waals surface area contributed by atoms with Crippen LogP contribution >= 0.6 is 0 Å². The topological polar surface area (TPSA) is 82.5 Å². The third kappa shape index (κ3) is 1.52. The highest BCUT2D eigenvalue weighted by Crippen LogP contribution is 2.23. The molecule has 0 spiro atoms. The first-order valence-corrected chi connectivity index (χ1v) is 4.54. The van der Waals surface area contributed by atoms with Gasteiger partial charge >= 0.3 is 5.97 Å². The van der Waals surface area contributed by atoms with Gasteiger partial charge in [-0.1, -0.05) is 12.1 Å². The summed E-state index contributed by atoms with van der Waals surface area (Å²) in [6.07, 6.45) is 0. The first kappa shape index (κ1) is 10.2. The summed E-state index contributed by atoms with van der Waals surface area (Å²) in [5.41, 5.74) is 5.73. The van der Waals surface area contributed by atoms with Crippen LogP contribution in [-0.2, 0) is 4.74 Å². The molecule has 0 saturated heterocycles. The minimum atomic E-state index is -0.601. The van der Waals surface area contributed by atoms with Gasteiger partial charge in [-0.25, -0.2) is 4.79 Å². The molecule has 2 rings (SSSR count). The molecule has 0 atom stereocenters. The fourth-order valence-corrected chi connectivity index (χ4v) is 1.46. The number of rotatable bonds is 2. The predicted molar refractivity (Wildman–Crippen MR) is 56.1 cm³/mol. The summed E-state index contributed by atoms with van der Waals surface area (Å²) in [7, 11) is 1.25. The summed E-state index contributed by atoms with van der Waals surface area (Å²) in [6.45, 7) is 0. The summed E-state index contributed by atoms with van der Waals surface area (Å²) in [5, 5.41) is 0.636. The van der Waals surface area contributed by atoms with Crippen molar-refractivity contribution in [3.63, 3.8) is 0 Å². The smallest absolute Gasteiger partial charge is 0.373 e. The maximum atomic E-state index is 11.2. The molecule has 82 valence electrons. The molecule has 0 unspecified atom stereocenters. The average Bonchev–Trinajstić information content (AvgIpc) is 2.70. The van der Waals surface area contributed by atoms with Crippen molar-refractivity contribution in [3.8, 4) is 0 Å². The van der Waals surface area contributed by atoms with Crippen LogP contribution in [0.2, 0.25) is 0 Å². The van der Waals surface area contributed by atoms with Gasteiger partial charge in [-0.2, -0.15) is 0 Å². The Morgan fingerprint density at radius 1 is 1.38 bits per heavy atom. The molecule has 0 radical (unpaired) electrons. The highest BCUT2D eigenvalue weighted by molar-refractivity contribution is 6.05. The van der Waals surface area contributed by atoms with Gasteiger partial charge in [-0.05, 0) is 12.1 Å². The number of hydrogen-bond acceptors (Lipinski definition) is 4. The van der Waals surface area contributed by atoms with Crippen LogP contribution in [0.15, 0.2) is 28.7 Å². The van der Waals surface area contributed by atoms with Crippen LogP contribution in [0.4, 0.5) is 0 Å². The Morgan fingerprint density at radius 2 is 2.12 bits per heavy atom. The van der Waals surface area contributed by atoms with Gasteiger partial charge in [-0.15, -0.1) is 0 Å². The fraction of sp³-hybridized carbons (Fsp3) is 0.0909. The molecule has 16 heavy (non-hydrogen) atoms. The van der Waals surface area contributed by atoms with Crippen LogP contribution in [0.5, 0.6) is 0 Å². The van der Waals surface area contributed by atoms with E-state index in [0.29, 0.717) is 11.0 Å². The van der Waals surface area contributed by atoms with Crippen molar-refractivity contribution in [2.45, 2.75) is 0 Å². The quantitative estimate of drug-likeness (QED) is 0.772. The lowest BCUT2D eigenvalue weighted by Crippen LogP contribution is -2.10. The SMILES string of the molecule is COC(=O)c1cc2cccc(C(N)=O)c2o1. The third-order valence-electron chi connectivity index (χ3n) is 2.20. The van der Waals surface area contributed by atoms with E-state index >= 15 is 0 Å². The fourth-order valence-electron chi connectivity index (χ4n) is 1.46. The summed E-state index contributed by atoms with van der Waals surface area (Å²) in [6, 6.07) is 6.43. The Balaban J connectivity index is 2.65. The number of para-hydroxylation sites is 1. The zero-order valence-corrected chi connectivity index (χ0v) is 8.52. The number of amides is 1. The first-order chi connectivity index (χ1) is 7.63. The minimum Gasteiger partial charge on any atom is -0.463 e. The molecule has 5 heteroatoms. The number of esters is 1. The summed E-state index contributed by atoms with van der Waals surface area (Å²) < 4.78 is 9.76. The number of fused-ring (bicyclic) bond motifs is 1. The van der Waals surface area contributed by atoms with E-state index in [0.717, 1.165) is 0 Å². The number of ether oxygens (including phenoxy) is 1. The van der Waals surface area contributed by atoms with E-state index in [2.05, 4.69) is 4.74 Å². The second-order valence-electron chi connectivity index (χ2n) is 3.19. The third-order valence-corrected chi connectivity index (χ3v) is 2.20. The van der Waals surface area contributed by atoms with E-state index in [9.17, 15) is 9.59 Å². The Labute approximate surface area is 90.8 Å². The van der Waals surface area contributed by atoms with Gasteiger partial charge in [0.2, 0.25) is 5.76 Å². The van der Waals surface area contributed by atoms with Gasteiger partial charge in [0.15, 0.2) is 0 Å². The van der Waals surface area contributed by atoms with Crippen molar-refractivity contribution in [1.29, 1.82) is 0 Å². The zero-order chi connectivity index (χ0) is 11.7. The number of hydrogen-bond donors (Lipinski definition) is 1. The highest BCUT2D eigenvalue weighted by Gasteiger charge is 2.16. The van der Waals surface area contributed by atoms with Crippen LogP contribution in [0.25, 0.3) is 11.0 Å². The lowest BCUT2D eigenvalue weighted by atomic mass is 10.1. The lowest BCUT2D eigenvalue weighted by Gasteiger charge is -1.95. The van der Waals surface area contributed by atoms with E-state index in [1.54, 1.807) is 12.1 Å². The van der Waals surface area contributed by atoms with Crippen molar-refractivity contribution in [2.24, 2.45) is 5.73 Å². The molecule has 0 aliphatic rings. The molecule has 1 aromatic heterocycles.